The van der Waals surface area contributed by atoms with Crippen molar-refractivity contribution in [3.63, 3.8) is 0 Å². The molecule has 0 radical (unpaired) electrons. The van der Waals surface area contributed by atoms with E-state index < -0.39 is 0 Å². The molecule has 6 nitrogen and oxygen atoms in total. The van der Waals surface area contributed by atoms with E-state index in [0.29, 0.717) is 22.3 Å². The van der Waals surface area contributed by atoms with Crippen LogP contribution in [-0.2, 0) is 15.8 Å². The molecule has 1 heterocycles. The number of nitrogens with zero attached hydrogens (tertiary/aromatic N) is 1. The van der Waals surface area contributed by atoms with Crippen LogP contribution < -0.4 is 5.32 Å². The fourth-order valence-electron chi connectivity index (χ4n) is 1.19. The van der Waals surface area contributed by atoms with Crippen molar-refractivity contribution in [1.29, 1.82) is 0 Å². The minimum atomic E-state index is -0.363. The number of alkyl halides is 1. The minimum absolute atomic E-state index is 0.0764. The van der Waals surface area contributed by atoms with E-state index in [2.05, 4.69) is 33.1 Å². The molecule has 2 N–H and O–H groups in total. The van der Waals surface area contributed by atoms with Crippen LogP contribution in [0.2, 0.25) is 0 Å². The smallest absolute Gasteiger partial charge is 0.273 e. The number of ether oxygens (including phenoxy) is 1. The van der Waals surface area contributed by atoms with Crippen LogP contribution in [0.3, 0.4) is 0 Å². The number of aromatic nitrogens is 1. The Kier molecular flexibility index (Phi) is 5.86. The molecule has 1 atom stereocenters. The Balaban J connectivity index is 2.72. The number of aliphatic hydroxyl groups is 1. The highest BCUT2D eigenvalue weighted by molar-refractivity contribution is 14.1. The van der Waals surface area contributed by atoms with E-state index in [1.165, 1.54) is 0 Å². The summed E-state index contributed by atoms with van der Waals surface area (Å²) in [5, 5.41) is 15.5. The zero-order valence-electron chi connectivity index (χ0n) is 9.70. The molecule has 96 valence electrons. The maximum absolute atomic E-state index is 11.8. The Morgan fingerprint density at radius 3 is 2.94 bits per heavy atom. The number of nitrogens with one attached hydrogen (secondary N) is 1. The topological polar surface area (TPSA) is 84.6 Å². The fraction of sp³-hybridized carbons (Fsp3) is 0.600. The van der Waals surface area contributed by atoms with E-state index in [-0.39, 0.29) is 24.3 Å². The van der Waals surface area contributed by atoms with Gasteiger partial charge in [0, 0.05) is 13.7 Å². The first-order valence-corrected chi connectivity index (χ1v) is 6.61. The maximum Gasteiger partial charge on any atom is 0.273 e. The lowest BCUT2D eigenvalue weighted by Crippen LogP contribution is -2.32. The van der Waals surface area contributed by atoms with Gasteiger partial charge in [0.1, 0.15) is 0 Å². The zero-order chi connectivity index (χ0) is 12.8. The number of methoxy groups -OCH3 is 1. The summed E-state index contributed by atoms with van der Waals surface area (Å²) in [6, 6.07) is 0. The number of rotatable bonds is 6. The second-order valence-electron chi connectivity index (χ2n) is 3.48. The lowest BCUT2D eigenvalue weighted by molar-refractivity contribution is 0.0860. The second kappa shape index (κ2) is 6.92. The molecule has 0 aromatic carbocycles. The van der Waals surface area contributed by atoms with Gasteiger partial charge in [0.25, 0.3) is 5.91 Å². The van der Waals surface area contributed by atoms with Crippen molar-refractivity contribution < 1.29 is 19.2 Å². The average molecular weight is 354 g/mol. The molecule has 0 aliphatic carbocycles. The van der Waals surface area contributed by atoms with Gasteiger partial charge in [-0.15, -0.1) is 0 Å². The Morgan fingerprint density at radius 2 is 2.41 bits per heavy atom. The molecule has 0 bridgehead atoms. The SMILES string of the molecule is COC(C)CNC(=O)c1noc(CI)c1CO. The Morgan fingerprint density at radius 1 is 1.71 bits per heavy atom. The summed E-state index contributed by atoms with van der Waals surface area (Å²) < 4.78 is 10.5. The van der Waals surface area contributed by atoms with Crippen molar-refractivity contribution >= 4 is 28.5 Å². The van der Waals surface area contributed by atoms with Crippen molar-refractivity contribution in [1.82, 2.24) is 10.5 Å². The third kappa shape index (κ3) is 3.65. The van der Waals surface area contributed by atoms with Crippen LogP contribution in [0.5, 0.6) is 0 Å². The van der Waals surface area contributed by atoms with Crippen LogP contribution in [0.25, 0.3) is 0 Å². The monoisotopic (exact) mass is 354 g/mol. The van der Waals surface area contributed by atoms with Gasteiger partial charge in [-0.3, -0.25) is 4.79 Å². The van der Waals surface area contributed by atoms with Crippen LogP contribution >= 0.6 is 22.6 Å². The molecular weight excluding hydrogens is 339 g/mol. The fourth-order valence-corrected chi connectivity index (χ4v) is 1.79. The Labute approximate surface area is 113 Å². The zero-order valence-corrected chi connectivity index (χ0v) is 11.9. The van der Waals surface area contributed by atoms with Crippen molar-refractivity contribution in [2.45, 2.75) is 24.1 Å². The second-order valence-corrected chi connectivity index (χ2v) is 4.24. The van der Waals surface area contributed by atoms with Crippen LogP contribution in [0, 0.1) is 0 Å². The molecule has 1 aromatic rings. The van der Waals surface area contributed by atoms with Gasteiger partial charge >= 0.3 is 0 Å². The summed E-state index contributed by atoms with van der Waals surface area (Å²) in [7, 11) is 1.57. The van der Waals surface area contributed by atoms with Crippen molar-refractivity contribution in [3.05, 3.63) is 17.0 Å². The molecule has 1 amide bonds. The van der Waals surface area contributed by atoms with Crippen molar-refractivity contribution in [2.75, 3.05) is 13.7 Å². The standard InChI is InChI=1S/C10H15IN2O4/c1-6(16-2)4-12-10(15)9-7(5-14)8(3-11)17-13-9/h6,14H,3-5H2,1-2H3,(H,12,15). The predicted molar refractivity (Wildman–Crippen MR) is 69.0 cm³/mol. The van der Waals surface area contributed by atoms with Gasteiger partial charge in [-0.2, -0.15) is 0 Å². The number of hydrogen-bond donors (Lipinski definition) is 2. The third-order valence-corrected chi connectivity index (χ3v) is 3.01. The number of carbonyl (C=O) groups is 1. The summed E-state index contributed by atoms with van der Waals surface area (Å²) in [5.74, 6) is 0.163. The van der Waals surface area contributed by atoms with E-state index in [4.69, 9.17) is 9.26 Å². The molecule has 0 saturated carbocycles. The number of carbonyl (C=O) groups excluding carboxylic acids is 1. The summed E-state index contributed by atoms with van der Waals surface area (Å²) in [4.78, 5) is 11.8. The molecule has 0 spiro atoms. The first kappa shape index (κ1) is 14.4. The van der Waals surface area contributed by atoms with Crippen molar-refractivity contribution in [2.24, 2.45) is 0 Å². The molecule has 0 fully saturated rings. The summed E-state index contributed by atoms with van der Waals surface area (Å²) >= 11 is 2.08. The number of aliphatic hydroxyl groups excluding tert-OH is 1. The highest BCUT2D eigenvalue weighted by Gasteiger charge is 2.20. The van der Waals surface area contributed by atoms with Gasteiger partial charge in [0.15, 0.2) is 11.5 Å². The van der Waals surface area contributed by atoms with E-state index in [0.717, 1.165) is 0 Å². The normalized spacial score (nSPS) is 12.5. The van der Waals surface area contributed by atoms with Gasteiger partial charge in [0.2, 0.25) is 0 Å². The van der Waals surface area contributed by atoms with Gasteiger partial charge in [-0.1, -0.05) is 27.7 Å². The van der Waals surface area contributed by atoms with Crippen molar-refractivity contribution in [3.8, 4) is 0 Å². The Bertz CT molecular complexity index is 380. The average Bonchev–Trinajstić information content (AvgIpc) is 2.77. The molecule has 7 heteroatoms. The molecule has 1 rings (SSSR count). The number of halogens is 1. The predicted octanol–water partition coefficient (Wildman–Crippen LogP) is 0.867. The van der Waals surface area contributed by atoms with E-state index in [1.807, 2.05) is 6.92 Å². The molecule has 1 unspecified atom stereocenters. The molecular formula is C10H15IN2O4. The highest BCUT2D eigenvalue weighted by Crippen LogP contribution is 2.17. The largest absolute Gasteiger partial charge is 0.391 e. The molecule has 0 aliphatic rings. The quantitative estimate of drug-likeness (QED) is 0.585. The lowest BCUT2D eigenvalue weighted by atomic mass is 10.2. The maximum atomic E-state index is 11.8. The van der Waals surface area contributed by atoms with Crippen LogP contribution in [0.4, 0.5) is 0 Å². The Hall–Kier alpha value is -0.670. The van der Waals surface area contributed by atoms with Gasteiger partial charge in [0.05, 0.1) is 22.7 Å². The third-order valence-electron chi connectivity index (χ3n) is 2.32. The van der Waals surface area contributed by atoms with E-state index in [9.17, 15) is 9.90 Å². The van der Waals surface area contributed by atoms with Crippen LogP contribution in [0.15, 0.2) is 4.52 Å². The van der Waals surface area contributed by atoms with Crippen LogP contribution in [-0.4, -0.2) is 35.9 Å². The molecule has 1 aromatic heterocycles. The summed E-state index contributed by atoms with van der Waals surface area (Å²) in [6.07, 6.45) is -0.0764. The summed E-state index contributed by atoms with van der Waals surface area (Å²) in [6.45, 7) is 1.96. The minimum Gasteiger partial charge on any atom is -0.391 e. The molecule has 0 aliphatic heterocycles. The van der Waals surface area contributed by atoms with Crippen LogP contribution in [0.1, 0.15) is 28.7 Å². The molecule has 17 heavy (non-hydrogen) atoms. The highest BCUT2D eigenvalue weighted by atomic mass is 127. The van der Waals surface area contributed by atoms with Gasteiger partial charge in [-0.25, -0.2) is 0 Å². The number of hydrogen-bond acceptors (Lipinski definition) is 5. The first-order chi connectivity index (χ1) is 8.13. The van der Waals surface area contributed by atoms with Gasteiger partial charge in [-0.05, 0) is 6.92 Å². The van der Waals surface area contributed by atoms with Gasteiger partial charge < -0.3 is 19.7 Å². The van der Waals surface area contributed by atoms with E-state index in [1.54, 1.807) is 7.11 Å². The lowest BCUT2D eigenvalue weighted by Gasteiger charge is -2.09. The first-order valence-electron chi connectivity index (χ1n) is 5.09. The number of amides is 1. The summed E-state index contributed by atoms with van der Waals surface area (Å²) in [5.41, 5.74) is 0.587. The molecule has 0 saturated heterocycles. The van der Waals surface area contributed by atoms with E-state index >= 15 is 0 Å².